The van der Waals surface area contributed by atoms with Gasteiger partial charge < -0.3 is 9.73 Å². The first-order chi connectivity index (χ1) is 13.5. The average Bonchev–Trinajstić information content (AvgIpc) is 3.40. The highest BCUT2D eigenvalue weighted by Gasteiger charge is 2.15. The van der Waals surface area contributed by atoms with Crippen LogP contribution in [0.4, 0.5) is 0 Å². The Morgan fingerprint density at radius 1 is 1.11 bits per heavy atom. The van der Waals surface area contributed by atoms with Gasteiger partial charge in [-0.05, 0) is 47.8 Å². The van der Waals surface area contributed by atoms with Crippen LogP contribution in [0.1, 0.15) is 21.0 Å². The first-order valence-corrected chi connectivity index (χ1v) is 12.1. The molecule has 28 heavy (non-hydrogen) atoms. The predicted molar refractivity (Wildman–Crippen MR) is 112 cm³/mol. The molecule has 0 unspecified atom stereocenters. The number of thiophene rings is 1. The second-order valence-electron chi connectivity index (χ2n) is 5.82. The van der Waals surface area contributed by atoms with Crippen molar-refractivity contribution in [2.24, 2.45) is 0 Å². The molecule has 6 nitrogen and oxygen atoms in total. The summed E-state index contributed by atoms with van der Waals surface area (Å²) in [7, 11) is -3.67. The highest BCUT2D eigenvalue weighted by molar-refractivity contribution is 7.98. The summed E-state index contributed by atoms with van der Waals surface area (Å²) < 4.78 is 32.2. The van der Waals surface area contributed by atoms with Crippen LogP contribution in [0.2, 0.25) is 0 Å². The van der Waals surface area contributed by atoms with Crippen molar-refractivity contribution in [2.75, 3.05) is 12.3 Å². The SMILES string of the molecule is O=C(NCCSCc1cccs1)c1ccc(S(=O)(=O)NCc2ccco2)cc1. The molecule has 2 N–H and O–H groups in total. The lowest BCUT2D eigenvalue weighted by molar-refractivity contribution is 0.0956. The first-order valence-electron chi connectivity index (χ1n) is 8.55. The number of furan rings is 1. The Morgan fingerprint density at radius 2 is 1.93 bits per heavy atom. The van der Waals surface area contributed by atoms with Crippen LogP contribution >= 0.6 is 23.1 Å². The van der Waals surface area contributed by atoms with Gasteiger partial charge in [-0.15, -0.1) is 11.3 Å². The molecule has 0 aliphatic heterocycles. The van der Waals surface area contributed by atoms with Crippen molar-refractivity contribution in [3.63, 3.8) is 0 Å². The summed E-state index contributed by atoms with van der Waals surface area (Å²) in [5.74, 6) is 2.05. The highest BCUT2D eigenvalue weighted by Crippen LogP contribution is 2.16. The van der Waals surface area contributed by atoms with E-state index in [0.29, 0.717) is 17.9 Å². The molecule has 0 spiro atoms. The van der Waals surface area contributed by atoms with E-state index < -0.39 is 10.0 Å². The molecule has 0 radical (unpaired) electrons. The fourth-order valence-corrected chi connectivity index (χ4v) is 5.05. The van der Waals surface area contributed by atoms with Gasteiger partial charge in [-0.25, -0.2) is 13.1 Å². The van der Waals surface area contributed by atoms with Crippen molar-refractivity contribution in [1.29, 1.82) is 0 Å². The Kier molecular flexibility index (Phi) is 7.32. The lowest BCUT2D eigenvalue weighted by atomic mass is 10.2. The predicted octanol–water partition coefficient (Wildman–Crippen LogP) is 3.48. The summed E-state index contributed by atoms with van der Waals surface area (Å²) >= 11 is 3.48. The monoisotopic (exact) mass is 436 g/mol. The van der Waals surface area contributed by atoms with Gasteiger partial charge >= 0.3 is 0 Å². The van der Waals surface area contributed by atoms with Gasteiger partial charge in [0.2, 0.25) is 10.0 Å². The molecule has 2 heterocycles. The van der Waals surface area contributed by atoms with Crippen LogP contribution in [0.25, 0.3) is 0 Å². The van der Waals surface area contributed by atoms with Crippen LogP contribution in [-0.4, -0.2) is 26.6 Å². The van der Waals surface area contributed by atoms with Gasteiger partial charge in [-0.2, -0.15) is 11.8 Å². The van der Waals surface area contributed by atoms with Gasteiger partial charge in [0, 0.05) is 28.5 Å². The maximum Gasteiger partial charge on any atom is 0.251 e. The number of amides is 1. The maximum atomic E-state index is 12.3. The van der Waals surface area contributed by atoms with Crippen molar-refractivity contribution >= 4 is 39.0 Å². The molecule has 0 bridgehead atoms. The molecule has 3 rings (SSSR count). The summed E-state index contributed by atoms with van der Waals surface area (Å²) in [6, 6.07) is 13.4. The summed E-state index contributed by atoms with van der Waals surface area (Å²) in [5, 5.41) is 4.90. The van der Waals surface area contributed by atoms with Gasteiger partial charge in [0.1, 0.15) is 5.76 Å². The van der Waals surface area contributed by atoms with Crippen LogP contribution in [0.3, 0.4) is 0 Å². The van der Waals surface area contributed by atoms with Gasteiger partial charge in [0.25, 0.3) is 5.91 Å². The lowest BCUT2D eigenvalue weighted by Gasteiger charge is -2.08. The van der Waals surface area contributed by atoms with Crippen molar-refractivity contribution in [2.45, 2.75) is 17.2 Å². The molecule has 0 aliphatic rings. The average molecular weight is 437 g/mol. The van der Waals surface area contributed by atoms with Crippen molar-refractivity contribution in [3.05, 3.63) is 76.4 Å². The molecule has 0 saturated heterocycles. The second-order valence-corrected chi connectivity index (χ2v) is 9.72. The summed E-state index contributed by atoms with van der Waals surface area (Å²) in [6.45, 7) is 0.625. The molecular weight excluding hydrogens is 416 g/mol. The smallest absolute Gasteiger partial charge is 0.251 e. The molecule has 0 saturated carbocycles. The maximum absolute atomic E-state index is 12.3. The van der Waals surface area contributed by atoms with Gasteiger partial charge in [0.05, 0.1) is 17.7 Å². The van der Waals surface area contributed by atoms with E-state index in [0.717, 1.165) is 11.5 Å². The van der Waals surface area contributed by atoms with E-state index in [9.17, 15) is 13.2 Å². The molecular formula is C19H20N2O4S3. The zero-order chi connectivity index (χ0) is 19.8. The zero-order valence-electron chi connectivity index (χ0n) is 15.0. The molecule has 148 valence electrons. The Bertz CT molecular complexity index is 967. The van der Waals surface area contributed by atoms with Crippen molar-refractivity contribution < 1.29 is 17.6 Å². The third-order valence-corrected chi connectivity index (χ3v) is 7.28. The number of hydrogen-bond acceptors (Lipinski definition) is 6. The standard InChI is InChI=1S/C19H20N2O4S3/c22-19(20-9-12-26-14-17-4-2-11-27-17)15-5-7-18(8-6-15)28(23,24)21-13-16-3-1-10-25-16/h1-8,10-11,21H,9,12-14H2,(H,20,22). The summed E-state index contributed by atoms with van der Waals surface area (Å²) in [5.41, 5.74) is 0.424. The molecule has 2 aromatic heterocycles. The van der Waals surface area contributed by atoms with E-state index >= 15 is 0 Å². The van der Waals surface area contributed by atoms with E-state index in [4.69, 9.17) is 4.42 Å². The Morgan fingerprint density at radius 3 is 2.61 bits per heavy atom. The van der Waals surface area contributed by atoms with E-state index in [2.05, 4.69) is 16.1 Å². The van der Waals surface area contributed by atoms with Crippen molar-refractivity contribution in [3.8, 4) is 0 Å². The first kappa shape index (κ1) is 20.7. The minimum atomic E-state index is -3.67. The van der Waals surface area contributed by atoms with Gasteiger partial charge in [0.15, 0.2) is 0 Å². The van der Waals surface area contributed by atoms with E-state index in [1.165, 1.54) is 35.4 Å². The molecule has 1 aromatic carbocycles. The third kappa shape index (κ3) is 5.96. The van der Waals surface area contributed by atoms with E-state index in [-0.39, 0.29) is 17.3 Å². The van der Waals surface area contributed by atoms with Gasteiger partial charge in [-0.3, -0.25) is 4.79 Å². The number of carbonyl (C=O) groups is 1. The fraction of sp³-hybridized carbons (Fsp3) is 0.211. The van der Waals surface area contributed by atoms with E-state index in [1.54, 1.807) is 35.2 Å². The number of sulfonamides is 1. The minimum absolute atomic E-state index is 0.0701. The fourth-order valence-electron chi connectivity index (χ4n) is 2.35. The second kappa shape index (κ2) is 9.92. The Labute approximate surface area is 172 Å². The number of hydrogen-bond donors (Lipinski definition) is 2. The quantitative estimate of drug-likeness (QED) is 0.475. The van der Waals surface area contributed by atoms with Crippen LogP contribution < -0.4 is 10.0 Å². The zero-order valence-corrected chi connectivity index (χ0v) is 17.4. The number of rotatable bonds is 10. The summed E-state index contributed by atoms with van der Waals surface area (Å²) in [6.07, 6.45) is 1.48. The van der Waals surface area contributed by atoms with E-state index in [1.807, 2.05) is 11.4 Å². The van der Waals surface area contributed by atoms with Crippen LogP contribution in [0.15, 0.2) is 69.5 Å². The van der Waals surface area contributed by atoms with Crippen LogP contribution in [0.5, 0.6) is 0 Å². The van der Waals surface area contributed by atoms with Crippen molar-refractivity contribution in [1.82, 2.24) is 10.0 Å². The molecule has 1 amide bonds. The lowest BCUT2D eigenvalue weighted by Crippen LogP contribution is -2.26. The van der Waals surface area contributed by atoms with Gasteiger partial charge in [-0.1, -0.05) is 6.07 Å². The Balaban J connectivity index is 1.45. The molecule has 9 heteroatoms. The number of carbonyl (C=O) groups excluding carboxylic acids is 1. The van der Waals surface area contributed by atoms with Crippen LogP contribution in [-0.2, 0) is 22.3 Å². The molecule has 0 fully saturated rings. The summed E-state index contributed by atoms with van der Waals surface area (Å²) in [4.78, 5) is 13.6. The number of thioether (sulfide) groups is 1. The van der Waals surface area contributed by atoms with Crippen LogP contribution in [0, 0.1) is 0 Å². The molecule has 0 atom stereocenters. The Hall–Kier alpha value is -2.07. The third-order valence-electron chi connectivity index (χ3n) is 3.80. The largest absolute Gasteiger partial charge is 0.468 e. The number of benzene rings is 1. The highest BCUT2D eigenvalue weighted by atomic mass is 32.2. The topological polar surface area (TPSA) is 88.4 Å². The number of nitrogens with one attached hydrogen (secondary N) is 2. The normalized spacial score (nSPS) is 11.4. The minimum Gasteiger partial charge on any atom is -0.468 e. The molecule has 3 aromatic rings. The molecule has 0 aliphatic carbocycles.